The minimum atomic E-state index is -1.65. The number of benzene rings is 1. The lowest BCUT2D eigenvalue weighted by atomic mass is 9.57. The molecule has 256 valence electrons. The molecule has 5 fully saturated rings. The van der Waals surface area contributed by atoms with E-state index in [1.54, 1.807) is 37.3 Å². The van der Waals surface area contributed by atoms with Gasteiger partial charge in [-0.2, -0.15) is 0 Å². The van der Waals surface area contributed by atoms with Gasteiger partial charge in [0.1, 0.15) is 23.9 Å². The first-order chi connectivity index (χ1) is 22.0. The van der Waals surface area contributed by atoms with Crippen molar-refractivity contribution in [3.8, 4) is 0 Å². The van der Waals surface area contributed by atoms with Gasteiger partial charge < -0.3 is 28.4 Å². The van der Waals surface area contributed by atoms with E-state index in [9.17, 15) is 24.0 Å². The molecule has 0 unspecified atom stereocenters. The minimum absolute atomic E-state index is 0.0000591. The van der Waals surface area contributed by atoms with Crippen LogP contribution in [-0.2, 0) is 47.6 Å². The molecule has 1 aliphatic heterocycles. The molecule has 0 N–H and O–H groups in total. The molecule has 6 rings (SSSR count). The highest BCUT2D eigenvalue weighted by Gasteiger charge is 2.86. The van der Waals surface area contributed by atoms with Gasteiger partial charge in [0.05, 0.1) is 23.5 Å². The normalized spacial score (nSPS) is 42.0. The molecule has 1 saturated heterocycles. The Labute approximate surface area is 275 Å². The SMILES string of the molecule is CCC(=O)O[C@@H]1[C@@H]2[C@@H](OC(C)=O)[C@@]34CO[C@@](C)([C@@H](OC(=O)c5ccccc5)[C@@]2(OC(C)=O)C[C@@H]1C)[C@@H]3[C@@H]1[C@H](C[C@H]4OC(C)=O)C1(C)C. The zero-order valence-electron chi connectivity index (χ0n) is 28.4. The topological polar surface area (TPSA) is 141 Å². The quantitative estimate of drug-likeness (QED) is 0.305. The van der Waals surface area contributed by atoms with E-state index in [1.165, 1.54) is 20.8 Å². The molecular weight excluding hydrogens is 608 g/mol. The maximum absolute atomic E-state index is 14.0. The average molecular weight is 655 g/mol. The molecule has 47 heavy (non-hydrogen) atoms. The summed E-state index contributed by atoms with van der Waals surface area (Å²) in [6.45, 7) is 13.7. The second kappa shape index (κ2) is 11.3. The summed E-state index contributed by atoms with van der Waals surface area (Å²) >= 11 is 0. The Morgan fingerprint density at radius 1 is 0.872 bits per heavy atom. The van der Waals surface area contributed by atoms with E-state index >= 15 is 0 Å². The fourth-order valence-corrected chi connectivity index (χ4v) is 10.5. The summed E-state index contributed by atoms with van der Waals surface area (Å²) in [5, 5.41) is 0. The van der Waals surface area contributed by atoms with E-state index in [1.807, 2.05) is 13.8 Å². The minimum Gasteiger partial charge on any atom is -0.462 e. The van der Waals surface area contributed by atoms with Crippen molar-refractivity contribution < 1.29 is 52.4 Å². The van der Waals surface area contributed by atoms with E-state index in [0.717, 1.165) is 0 Å². The average Bonchev–Trinajstić information content (AvgIpc) is 3.24. The first kappa shape index (κ1) is 33.4. The molecule has 11 nitrogen and oxygen atoms in total. The zero-order valence-corrected chi connectivity index (χ0v) is 28.4. The van der Waals surface area contributed by atoms with Crippen molar-refractivity contribution in [2.75, 3.05) is 6.61 Å². The van der Waals surface area contributed by atoms with Gasteiger partial charge in [0.25, 0.3) is 0 Å². The fourth-order valence-electron chi connectivity index (χ4n) is 10.5. The number of carbonyl (C=O) groups is 5. The van der Waals surface area contributed by atoms with Crippen LogP contribution in [0.25, 0.3) is 0 Å². The Balaban J connectivity index is 1.66. The van der Waals surface area contributed by atoms with Crippen LogP contribution in [0.15, 0.2) is 30.3 Å². The van der Waals surface area contributed by atoms with Crippen LogP contribution in [0.4, 0.5) is 0 Å². The third-order valence-electron chi connectivity index (χ3n) is 12.1. The van der Waals surface area contributed by atoms with Gasteiger partial charge in [0.2, 0.25) is 0 Å². The van der Waals surface area contributed by atoms with Crippen molar-refractivity contribution in [3.63, 3.8) is 0 Å². The van der Waals surface area contributed by atoms with Gasteiger partial charge in [-0.15, -0.1) is 0 Å². The molecule has 4 saturated carbocycles. The summed E-state index contributed by atoms with van der Waals surface area (Å²) in [5.41, 5.74) is -4.02. The zero-order chi connectivity index (χ0) is 34.3. The van der Waals surface area contributed by atoms with Crippen molar-refractivity contribution >= 4 is 29.8 Å². The number of carbonyl (C=O) groups excluding carboxylic acids is 5. The summed E-state index contributed by atoms with van der Waals surface area (Å²) in [7, 11) is 0. The predicted molar refractivity (Wildman–Crippen MR) is 164 cm³/mol. The van der Waals surface area contributed by atoms with Crippen molar-refractivity contribution in [1.82, 2.24) is 0 Å². The summed E-state index contributed by atoms with van der Waals surface area (Å²) in [6, 6.07) is 8.52. The number of ether oxygens (including phenoxy) is 6. The Kier molecular flexibility index (Phi) is 8.05. The van der Waals surface area contributed by atoms with Gasteiger partial charge in [0.15, 0.2) is 11.7 Å². The molecule has 5 aliphatic rings. The Morgan fingerprint density at radius 2 is 1.53 bits per heavy atom. The van der Waals surface area contributed by atoms with Crippen LogP contribution in [0.2, 0.25) is 0 Å². The smallest absolute Gasteiger partial charge is 0.338 e. The first-order valence-corrected chi connectivity index (χ1v) is 16.7. The van der Waals surface area contributed by atoms with Crippen LogP contribution in [-0.4, -0.2) is 72.1 Å². The van der Waals surface area contributed by atoms with Gasteiger partial charge in [-0.3, -0.25) is 19.2 Å². The van der Waals surface area contributed by atoms with Crippen LogP contribution in [0.3, 0.4) is 0 Å². The molecule has 2 bridgehead atoms. The molecule has 12 atom stereocenters. The number of esters is 5. The van der Waals surface area contributed by atoms with Crippen LogP contribution in [0.1, 0.15) is 85.0 Å². The summed E-state index contributed by atoms with van der Waals surface area (Å²) < 4.78 is 38.5. The van der Waals surface area contributed by atoms with Crippen LogP contribution in [0, 0.1) is 40.4 Å². The van der Waals surface area contributed by atoms with Crippen molar-refractivity contribution in [2.45, 2.75) is 110 Å². The van der Waals surface area contributed by atoms with Gasteiger partial charge in [-0.05, 0) is 55.1 Å². The molecule has 11 heteroatoms. The van der Waals surface area contributed by atoms with Gasteiger partial charge in [-0.1, -0.05) is 45.9 Å². The third-order valence-corrected chi connectivity index (χ3v) is 12.1. The molecule has 0 amide bonds. The highest BCUT2D eigenvalue weighted by atomic mass is 16.6. The summed E-state index contributed by atoms with van der Waals surface area (Å²) in [6.07, 6.45) is -3.26. The maximum atomic E-state index is 14.0. The molecule has 1 heterocycles. The van der Waals surface area contributed by atoms with E-state index in [0.29, 0.717) is 12.0 Å². The molecule has 1 aromatic carbocycles. The second-order valence-electron chi connectivity index (χ2n) is 15.1. The van der Waals surface area contributed by atoms with E-state index < -0.39 is 88.6 Å². The summed E-state index contributed by atoms with van der Waals surface area (Å²) in [5.74, 6) is -4.61. The lowest BCUT2D eigenvalue weighted by Crippen LogP contribution is -2.64. The fraction of sp³-hybridized carbons (Fsp3) is 0.694. The van der Waals surface area contributed by atoms with Gasteiger partial charge in [-0.25, -0.2) is 4.79 Å². The van der Waals surface area contributed by atoms with Gasteiger partial charge in [0, 0.05) is 33.1 Å². The number of hydrogen-bond donors (Lipinski definition) is 0. The molecule has 0 aromatic heterocycles. The maximum Gasteiger partial charge on any atom is 0.338 e. The Morgan fingerprint density at radius 3 is 2.13 bits per heavy atom. The Hall–Kier alpha value is -3.47. The van der Waals surface area contributed by atoms with E-state index in [4.69, 9.17) is 28.4 Å². The van der Waals surface area contributed by atoms with Crippen molar-refractivity contribution in [2.24, 2.45) is 40.4 Å². The lowest BCUT2D eigenvalue weighted by molar-refractivity contribution is -0.240. The first-order valence-electron chi connectivity index (χ1n) is 16.7. The second-order valence-corrected chi connectivity index (χ2v) is 15.1. The van der Waals surface area contributed by atoms with Crippen molar-refractivity contribution in [3.05, 3.63) is 35.9 Å². The summed E-state index contributed by atoms with van der Waals surface area (Å²) in [4.78, 5) is 66.2. The molecule has 0 spiro atoms. The number of rotatable bonds is 7. The van der Waals surface area contributed by atoms with Crippen LogP contribution < -0.4 is 0 Å². The third kappa shape index (κ3) is 4.89. The molecule has 4 aliphatic carbocycles. The standard InChI is InChI=1S/C36H46O11/c1-9-25(40)45-28-18(2)16-36(47-21(5)39)27(28)30(44-20(4)38)35-17-42-34(8,32(36)46-31(41)22-13-11-10-12-14-22)29(35)26-23(33(26,6)7)15-24(35)43-19(3)37/h10-14,18,23-24,26-30,32H,9,15-17H2,1-8H3/t18-,23-,24+,26-,27+,28-,29-,30+,32+,34+,35+,36+/m0/s1. The monoisotopic (exact) mass is 654 g/mol. The lowest BCUT2D eigenvalue weighted by Gasteiger charge is -2.50. The van der Waals surface area contributed by atoms with Crippen molar-refractivity contribution in [1.29, 1.82) is 0 Å². The molecular formula is C36H46O11. The van der Waals surface area contributed by atoms with E-state index in [-0.39, 0.29) is 36.7 Å². The van der Waals surface area contributed by atoms with Crippen LogP contribution in [0.5, 0.6) is 0 Å². The number of fused-ring (bicyclic) bond motifs is 2. The number of hydrogen-bond acceptors (Lipinski definition) is 11. The van der Waals surface area contributed by atoms with Crippen LogP contribution >= 0.6 is 0 Å². The Bertz CT molecular complexity index is 1470. The van der Waals surface area contributed by atoms with E-state index in [2.05, 4.69) is 13.8 Å². The highest BCUT2D eigenvalue weighted by molar-refractivity contribution is 5.89. The molecule has 1 aromatic rings. The highest BCUT2D eigenvalue weighted by Crippen LogP contribution is 2.79. The predicted octanol–water partition coefficient (Wildman–Crippen LogP) is 4.44. The largest absolute Gasteiger partial charge is 0.462 e. The van der Waals surface area contributed by atoms with Gasteiger partial charge >= 0.3 is 29.8 Å². The molecule has 0 radical (unpaired) electrons.